The second-order valence-electron chi connectivity index (χ2n) is 5.41. The molecule has 7 heteroatoms. The van der Waals surface area contributed by atoms with Gasteiger partial charge in [-0.15, -0.1) is 10.2 Å². The summed E-state index contributed by atoms with van der Waals surface area (Å²) >= 11 is 6.05. The van der Waals surface area contributed by atoms with Crippen molar-refractivity contribution in [1.82, 2.24) is 4.57 Å². The minimum atomic E-state index is -0.582. The maximum Gasteiger partial charge on any atom is 0.286 e. The maximum absolute atomic E-state index is 12.9. The molecular weight excluding hydrogens is 352 g/mol. The minimum absolute atomic E-state index is 0.0388. The van der Waals surface area contributed by atoms with Crippen molar-refractivity contribution < 1.29 is 5.11 Å². The lowest BCUT2D eigenvalue weighted by Crippen LogP contribution is -2.20. The van der Waals surface area contributed by atoms with Crippen molar-refractivity contribution in [2.75, 3.05) is 0 Å². The highest BCUT2D eigenvalue weighted by Crippen LogP contribution is 2.30. The van der Waals surface area contributed by atoms with Gasteiger partial charge in [0.2, 0.25) is 5.88 Å². The van der Waals surface area contributed by atoms with Gasteiger partial charge in [-0.05, 0) is 31.2 Å². The number of rotatable bonds is 3. The predicted octanol–water partition coefficient (Wildman–Crippen LogP) is 4.79. The molecule has 3 rings (SSSR count). The Bertz CT molecular complexity index is 1100. The van der Waals surface area contributed by atoms with E-state index >= 15 is 0 Å². The second-order valence-corrected chi connectivity index (χ2v) is 5.82. The van der Waals surface area contributed by atoms with Crippen molar-refractivity contribution in [3.63, 3.8) is 0 Å². The number of aromatic nitrogens is 1. The van der Waals surface area contributed by atoms with E-state index in [1.165, 1.54) is 6.92 Å². The van der Waals surface area contributed by atoms with Crippen LogP contribution in [0.4, 0.5) is 11.4 Å². The number of para-hydroxylation sites is 1. The van der Waals surface area contributed by atoms with E-state index in [4.69, 9.17) is 11.6 Å². The Hall–Kier alpha value is -3.43. The van der Waals surface area contributed by atoms with E-state index < -0.39 is 11.4 Å². The van der Waals surface area contributed by atoms with Crippen LogP contribution in [0.3, 0.4) is 0 Å². The van der Waals surface area contributed by atoms with Gasteiger partial charge in [-0.25, -0.2) is 4.57 Å². The first-order valence-electron chi connectivity index (χ1n) is 7.65. The summed E-state index contributed by atoms with van der Waals surface area (Å²) in [6.07, 6.45) is 0. The van der Waals surface area contributed by atoms with Crippen LogP contribution in [0.25, 0.3) is 5.69 Å². The first-order valence-corrected chi connectivity index (χ1v) is 8.02. The number of aromatic hydroxyl groups is 1. The Morgan fingerprint density at radius 3 is 2.38 bits per heavy atom. The largest absolute Gasteiger partial charge is 0.493 e. The molecule has 0 radical (unpaired) electrons. The number of nitriles is 1. The fourth-order valence-corrected chi connectivity index (χ4v) is 2.64. The molecule has 0 aliphatic carbocycles. The third-order valence-electron chi connectivity index (χ3n) is 3.81. The Morgan fingerprint density at radius 2 is 1.73 bits per heavy atom. The molecule has 1 aromatic heterocycles. The SMILES string of the molecule is Cc1c(C#N)c(O)n(-c2ccccc2)c(=O)c1N=Nc1ccccc1Cl. The Morgan fingerprint density at radius 1 is 1.08 bits per heavy atom. The topological polar surface area (TPSA) is 90.7 Å². The highest BCUT2D eigenvalue weighted by molar-refractivity contribution is 6.32. The third-order valence-corrected chi connectivity index (χ3v) is 4.13. The van der Waals surface area contributed by atoms with Crippen LogP contribution in [-0.4, -0.2) is 9.67 Å². The van der Waals surface area contributed by atoms with Crippen molar-refractivity contribution in [1.29, 1.82) is 5.26 Å². The minimum Gasteiger partial charge on any atom is -0.493 e. The molecule has 0 bridgehead atoms. The summed E-state index contributed by atoms with van der Waals surface area (Å²) in [5.74, 6) is -0.433. The van der Waals surface area contributed by atoms with E-state index in [0.29, 0.717) is 16.4 Å². The van der Waals surface area contributed by atoms with Crippen LogP contribution >= 0.6 is 11.6 Å². The molecule has 0 saturated heterocycles. The molecule has 26 heavy (non-hydrogen) atoms. The third kappa shape index (κ3) is 3.08. The van der Waals surface area contributed by atoms with Crippen molar-refractivity contribution in [3.8, 4) is 17.6 Å². The summed E-state index contributed by atoms with van der Waals surface area (Å²) < 4.78 is 1.03. The van der Waals surface area contributed by atoms with Crippen LogP contribution in [0.15, 0.2) is 69.6 Å². The summed E-state index contributed by atoms with van der Waals surface area (Å²) in [6.45, 7) is 1.54. The molecule has 3 aromatic rings. The fraction of sp³-hybridized carbons (Fsp3) is 0.0526. The molecule has 1 heterocycles. The van der Waals surface area contributed by atoms with Gasteiger partial charge in [-0.2, -0.15) is 5.26 Å². The van der Waals surface area contributed by atoms with E-state index in [2.05, 4.69) is 10.2 Å². The molecule has 1 N–H and O–H groups in total. The van der Waals surface area contributed by atoms with Gasteiger partial charge in [-0.1, -0.05) is 41.9 Å². The van der Waals surface area contributed by atoms with Crippen molar-refractivity contribution in [3.05, 3.63) is 81.1 Å². The molecule has 128 valence electrons. The van der Waals surface area contributed by atoms with E-state index in [0.717, 1.165) is 4.57 Å². The van der Waals surface area contributed by atoms with Crippen LogP contribution in [0.1, 0.15) is 11.1 Å². The zero-order valence-corrected chi connectivity index (χ0v) is 14.5. The number of hydrogen-bond acceptors (Lipinski definition) is 5. The van der Waals surface area contributed by atoms with Crippen molar-refractivity contribution >= 4 is 23.0 Å². The lowest BCUT2D eigenvalue weighted by atomic mass is 10.1. The molecule has 2 aromatic carbocycles. The number of halogens is 1. The van der Waals surface area contributed by atoms with Crippen LogP contribution in [0.5, 0.6) is 5.88 Å². The quantitative estimate of drug-likeness (QED) is 0.677. The normalized spacial score (nSPS) is 10.8. The molecular formula is C19H13ClN4O2. The van der Waals surface area contributed by atoms with Crippen LogP contribution in [0, 0.1) is 18.3 Å². The zero-order valence-electron chi connectivity index (χ0n) is 13.7. The second kappa shape index (κ2) is 7.21. The average molecular weight is 365 g/mol. The van der Waals surface area contributed by atoms with E-state index in [1.807, 2.05) is 6.07 Å². The monoisotopic (exact) mass is 364 g/mol. The molecule has 6 nitrogen and oxygen atoms in total. The number of azo groups is 1. The maximum atomic E-state index is 12.9. The highest BCUT2D eigenvalue weighted by atomic mass is 35.5. The Labute approximate surface area is 154 Å². The molecule has 0 amide bonds. The van der Waals surface area contributed by atoms with Gasteiger partial charge in [0.1, 0.15) is 17.3 Å². The van der Waals surface area contributed by atoms with Crippen LogP contribution in [-0.2, 0) is 0 Å². The van der Waals surface area contributed by atoms with E-state index in [9.17, 15) is 15.2 Å². The van der Waals surface area contributed by atoms with Gasteiger partial charge in [0.05, 0.1) is 10.7 Å². The fourth-order valence-electron chi connectivity index (χ4n) is 2.47. The van der Waals surface area contributed by atoms with Gasteiger partial charge in [0.15, 0.2) is 5.69 Å². The number of benzene rings is 2. The van der Waals surface area contributed by atoms with E-state index in [1.54, 1.807) is 54.6 Å². The Balaban J connectivity index is 2.25. The van der Waals surface area contributed by atoms with Gasteiger partial charge >= 0.3 is 0 Å². The molecule has 0 aliphatic heterocycles. The van der Waals surface area contributed by atoms with Crippen LogP contribution in [0.2, 0.25) is 5.02 Å². The first kappa shape index (κ1) is 17.4. The number of hydrogen-bond donors (Lipinski definition) is 1. The zero-order chi connectivity index (χ0) is 18.7. The average Bonchev–Trinajstić information content (AvgIpc) is 2.64. The summed E-state index contributed by atoms with van der Waals surface area (Å²) in [7, 11) is 0. The molecule has 0 saturated carbocycles. The van der Waals surface area contributed by atoms with Gasteiger partial charge < -0.3 is 5.11 Å². The number of nitrogens with zero attached hydrogens (tertiary/aromatic N) is 4. The summed E-state index contributed by atoms with van der Waals surface area (Å²) in [5, 5.41) is 28.2. The van der Waals surface area contributed by atoms with Crippen molar-refractivity contribution in [2.24, 2.45) is 10.2 Å². The summed E-state index contributed by atoms with van der Waals surface area (Å²) in [6, 6.07) is 17.2. The molecule has 0 fully saturated rings. The lowest BCUT2D eigenvalue weighted by molar-refractivity contribution is 0.433. The predicted molar refractivity (Wildman–Crippen MR) is 98.8 cm³/mol. The summed E-state index contributed by atoms with van der Waals surface area (Å²) in [4.78, 5) is 12.9. The van der Waals surface area contributed by atoms with Gasteiger partial charge in [-0.3, -0.25) is 4.79 Å². The van der Waals surface area contributed by atoms with Crippen LogP contribution < -0.4 is 5.56 Å². The van der Waals surface area contributed by atoms with Gasteiger partial charge in [0, 0.05) is 5.56 Å². The number of pyridine rings is 1. The summed E-state index contributed by atoms with van der Waals surface area (Å²) in [5.41, 5.74) is 0.398. The standard InChI is InChI=1S/C19H13ClN4O2/c1-12-14(11-21)18(25)24(13-7-3-2-4-8-13)19(26)17(12)23-22-16-10-6-5-9-15(16)20/h2-10,25H,1H3. The van der Waals surface area contributed by atoms with Crippen molar-refractivity contribution in [2.45, 2.75) is 6.92 Å². The van der Waals surface area contributed by atoms with E-state index in [-0.39, 0.29) is 16.8 Å². The molecule has 0 aliphatic rings. The highest BCUT2D eigenvalue weighted by Gasteiger charge is 2.20. The molecule has 0 atom stereocenters. The molecule has 0 unspecified atom stereocenters. The Kier molecular flexibility index (Phi) is 4.83. The smallest absolute Gasteiger partial charge is 0.286 e. The molecule has 0 spiro atoms. The first-order chi connectivity index (χ1) is 12.5. The van der Waals surface area contributed by atoms with Gasteiger partial charge in [0.25, 0.3) is 5.56 Å². The lowest BCUT2D eigenvalue weighted by Gasteiger charge is -2.12.